The summed E-state index contributed by atoms with van der Waals surface area (Å²) in [7, 11) is 0. The maximum atomic E-state index is 13.6. The summed E-state index contributed by atoms with van der Waals surface area (Å²) in [6.45, 7) is 3.33. The van der Waals surface area contributed by atoms with Gasteiger partial charge < -0.3 is 15.7 Å². The molecule has 5 nitrogen and oxygen atoms in total. The lowest BCUT2D eigenvalue weighted by molar-refractivity contribution is 0.173. The maximum Gasteiger partial charge on any atom is 0.314 e. The number of carbonyl (C=O) groups is 1. The van der Waals surface area contributed by atoms with Crippen molar-refractivity contribution in [1.82, 2.24) is 15.5 Å². The Hall–Kier alpha value is -1.66. The van der Waals surface area contributed by atoms with Crippen molar-refractivity contribution in [2.45, 2.75) is 19.4 Å². The van der Waals surface area contributed by atoms with Gasteiger partial charge in [0, 0.05) is 25.2 Å². The van der Waals surface area contributed by atoms with Crippen molar-refractivity contribution < 1.29 is 14.3 Å². The minimum Gasteiger partial charge on any atom is -0.395 e. The lowest BCUT2D eigenvalue weighted by Crippen LogP contribution is -2.42. The van der Waals surface area contributed by atoms with E-state index in [9.17, 15) is 9.18 Å². The molecule has 3 N–H and O–H groups in total. The van der Waals surface area contributed by atoms with Crippen molar-refractivity contribution in [3.63, 3.8) is 0 Å². The van der Waals surface area contributed by atoms with Gasteiger partial charge >= 0.3 is 6.03 Å². The number of piperidine rings is 1. The summed E-state index contributed by atoms with van der Waals surface area (Å²) in [5.41, 5.74) is 0.738. The number of rotatable bonds is 6. The Labute approximate surface area is 130 Å². The lowest BCUT2D eigenvalue weighted by Gasteiger charge is -2.32. The second-order valence-corrected chi connectivity index (χ2v) is 5.67. The van der Waals surface area contributed by atoms with Gasteiger partial charge in [0.2, 0.25) is 0 Å². The molecule has 22 heavy (non-hydrogen) atoms. The molecule has 0 unspecified atom stereocenters. The number of benzene rings is 1. The van der Waals surface area contributed by atoms with Gasteiger partial charge in [0.05, 0.1) is 6.61 Å². The number of amides is 2. The van der Waals surface area contributed by atoms with Crippen molar-refractivity contribution >= 4 is 6.03 Å². The minimum atomic E-state index is -0.233. The molecular formula is C16H24FN3O2. The first-order valence-corrected chi connectivity index (χ1v) is 7.77. The standard InChI is InChI=1S/C16H24FN3O2/c17-15-4-2-1-3-14(15)12-20-8-5-13(6-9-20)11-19-16(22)18-7-10-21/h1-4,13,21H,5-12H2,(H2,18,19,22). The Bertz CT molecular complexity index is 476. The highest BCUT2D eigenvalue weighted by Gasteiger charge is 2.20. The Morgan fingerprint density at radius 1 is 1.27 bits per heavy atom. The van der Waals surface area contributed by atoms with Crippen molar-refractivity contribution in [1.29, 1.82) is 0 Å². The van der Waals surface area contributed by atoms with E-state index in [2.05, 4.69) is 15.5 Å². The van der Waals surface area contributed by atoms with Gasteiger partial charge in [-0.3, -0.25) is 4.90 Å². The van der Waals surface area contributed by atoms with Crippen LogP contribution in [0.2, 0.25) is 0 Å². The van der Waals surface area contributed by atoms with E-state index in [0.717, 1.165) is 31.5 Å². The molecule has 122 valence electrons. The molecule has 0 aliphatic carbocycles. The summed E-state index contributed by atoms with van der Waals surface area (Å²) in [6, 6.07) is 6.66. The molecule has 1 aromatic rings. The SMILES string of the molecule is O=C(NCCO)NCC1CCN(Cc2ccccc2F)CC1. The average Bonchev–Trinajstić information content (AvgIpc) is 2.54. The van der Waals surface area contributed by atoms with Gasteiger partial charge in [-0.25, -0.2) is 9.18 Å². The zero-order valence-corrected chi connectivity index (χ0v) is 12.7. The van der Waals surface area contributed by atoms with Crippen LogP contribution >= 0.6 is 0 Å². The van der Waals surface area contributed by atoms with Crippen LogP contribution in [0, 0.1) is 11.7 Å². The van der Waals surface area contributed by atoms with Crippen molar-refractivity contribution in [2.75, 3.05) is 32.8 Å². The highest BCUT2D eigenvalue weighted by Crippen LogP contribution is 2.19. The number of carbonyl (C=O) groups excluding carboxylic acids is 1. The molecule has 1 aliphatic rings. The fourth-order valence-corrected chi connectivity index (χ4v) is 2.69. The van der Waals surface area contributed by atoms with Crippen LogP contribution in [0.4, 0.5) is 9.18 Å². The molecule has 1 aliphatic heterocycles. The molecule has 2 rings (SSSR count). The zero-order chi connectivity index (χ0) is 15.8. The molecule has 6 heteroatoms. The number of hydrogen-bond donors (Lipinski definition) is 3. The molecule has 1 saturated heterocycles. The van der Waals surface area contributed by atoms with Crippen LogP contribution in [0.3, 0.4) is 0 Å². The van der Waals surface area contributed by atoms with E-state index in [4.69, 9.17) is 5.11 Å². The number of aliphatic hydroxyl groups excluding tert-OH is 1. The minimum absolute atomic E-state index is 0.0537. The van der Waals surface area contributed by atoms with Crippen LogP contribution < -0.4 is 10.6 Å². The molecule has 2 amide bonds. The summed E-state index contributed by atoms with van der Waals surface area (Å²) < 4.78 is 13.6. The third-order valence-electron chi connectivity index (χ3n) is 4.01. The highest BCUT2D eigenvalue weighted by atomic mass is 19.1. The summed E-state index contributed by atoms with van der Waals surface area (Å²) in [5.74, 6) is 0.309. The van der Waals surface area contributed by atoms with Gasteiger partial charge in [-0.15, -0.1) is 0 Å². The summed E-state index contributed by atoms with van der Waals surface area (Å²) in [6.07, 6.45) is 1.99. The van der Waals surface area contributed by atoms with Crippen molar-refractivity contribution in [3.05, 3.63) is 35.6 Å². The smallest absolute Gasteiger partial charge is 0.314 e. The van der Waals surface area contributed by atoms with Gasteiger partial charge in [-0.2, -0.15) is 0 Å². The number of hydrogen-bond acceptors (Lipinski definition) is 3. The summed E-state index contributed by atoms with van der Waals surface area (Å²) >= 11 is 0. The molecule has 0 saturated carbocycles. The largest absolute Gasteiger partial charge is 0.395 e. The highest BCUT2D eigenvalue weighted by molar-refractivity contribution is 5.73. The number of aliphatic hydroxyl groups is 1. The predicted molar refractivity (Wildman–Crippen MR) is 82.9 cm³/mol. The molecule has 1 heterocycles. The van der Waals surface area contributed by atoms with E-state index < -0.39 is 0 Å². The lowest BCUT2D eigenvalue weighted by atomic mass is 9.96. The molecule has 0 radical (unpaired) electrons. The van der Waals surface area contributed by atoms with E-state index in [-0.39, 0.29) is 25.0 Å². The molecular weight excluding hydrogens is 285 g/mol. The molecule has 0 aromatic heterocycles. The van der Waals surface area contributed by atoms with Gasteiger partial charge in [0.25, 0.3) is 0 Å². The molecule has 1 fully saturated rings. The number of likely N-dealkylation sites (tertiary alicyclic amines) is 1. The molecule has 0 spiro atoms. The number of nitrogens with zero attached hydrogens (tertiary/aromatic N) is 1. The van der Waals surface area contributed by atoms with E-state index in [0.29, 0.717) is 19.0 Å². The van der Waals surface area contributed by atoms with Gasteiger partial charge in [0.1, 0.15) is 5.82 Å². The second kappa shape index (κ2) is 8.70. The molecule has 0 atom stereocenters. The topological polar surface area (TPSA) is 64.6 Å². The fourth-order valence-electron chi connectivity index (χ4n) is 2.69. The van der Waals surface area contributed by atoms with Crippen LogP contribution in [-0.2, 0) is 6.54 Å². The number of nitrogens with one attached hydrogen (secondary N) is 2. The average molecular weight is 309 g/mol. The Balaban J connectivity index is 1.67. The first-order valence-electron chi connectivity index (χ1n) is 7.77. The van der Waals surface area contributed by atoms with Gasteiger partial charge in [0.15, 0.2) is 0 Å². The number of halogens is 1. The molecule has 0 bridgehead atoms. The number of urea groups is 1. The van der Waals surface area contributed by atoms with Crippen LogP contribution in [-0.4, -0.2) is 48.8 Å². The van der Waals surface area contributed by atoms with Crippen molar-refractivity contribution in [2.24, 2.45) is 5.92 Å². The third kappa shape index (κ3) is 5.27. The monoisotopic (exact) mass is 309 g/mol. The van der Waals surface area contributed by atoms with Crippen LogP contribution in [0.1, 0.15) is 18.4 Å². The zero-order valence-electron chi connectivity index (χ0n) is 12.7. The van der Waals surface area contributed by atoms with Crippen molar-refractivity contribution in [3.8, 4) is 0 Å². The van der Waals surface area contributed by atoms with Gasteiger partial charge in [-0.1, -0.05) is 18.2 Å². The van der Waals surface area contributed by atoms with Gasteiger partial charge in [-0.05, 0) is 37.9 Å². The van der Waals surface area contributed by atoms with E-state index in [1.54, 1.807) is 6.07 Å². The van der Waals surface area contributed by atoms with E-state index >= 15 is 0 Å². The van der Waals surface area contributed by atoms with Crippen LogP contribution in [0.25, 0.3) is 0 Å². The Kier molecular flexibility index (Phi) is 6.61. The van der Waals surface area contributed by atoms with E-state index in [1.807, 2.05) is 12.1 Å². The molecule has 1 aromatic carbocycles. The fraction of sp³-hybridized carbons (Fsp3) is 0.562. The van der Waals surface area contributed by atoms with Crippen LogP contribution in [0.5, 0.6) is 0 Å². The summed E-state index contributed by atoms with van der Waals surface area (Å²) in [5, 5.41) is 14.0. The Morgan fingerprint density at radius 2 is 2.00 bits per heavy atom. The quantitative estimate of drug-likeness (QED) is 0.743. The Morgan fingerprint density at radius 3 is 2.68 bits per heavy atom. The van der Waals surface area contributed by atoms with E-state index in [1.165, 1.54) is 6.07 Å². The van der Waals surface area contributed by atoms with Crippen LogP contribution in [0.15, 0.2) is 24.3 Å². The summed E-state index contributed by atoms with van der Waals surface area (Å²) in [4.78, 5) is 13.7. The first-order chi connectivity index (χ1) is 10.7. The maximum absolute atomic E-state index is 13.6. The predicted octanol–water partition coefficient (Wildman–Crippen LogP) is 1.33. The second-order valence-electron chi connectivity index (χ2n) is 5.67. The normalized spacial score (nSPS) is 16.5. The first kappa shape index (κ1) is 16.7. The third-order valence-corrected chi connectivity index (χ3v) is 4.01.